The Labute approximate surface area is 210 Å². The molecule has 0 heterocycles. The van der Waals surface area contributed by atoms with Crippen LogP contribution in [0.3, 0.4) is 0 Å². The minimum atomic E-state index is -0.862. The van der Waals surface area contributed by atoms with Gasteiger partial charge in [-0.1, -0.05) is 46.8 Å². The molecule has 5 rings (SSSR count). The van der Waals surface area contributed by atoms with E-state index in [4.69, 9.17) is 0 Å². The summed E-state index contributed by atoms with van der Waals surface area (Å²) >= 11 is 0. The van der Waals surface area contributed by atoms with E-state index in [0.29, 0.717) is 12.3 Å². The minimum Gasteiger partial charge on any atom is -0.481 e. The predicted molar refractivity (Wildman–Crippen MR) is 135 cm³/mol. The highest BCUT2D eigenvalue weighted by atomic mass is 16.4. The van der Waals surface area contributed by atoms with E-state index in [0.717, 1.165) is 50.5 Å². The van der Waals surface area contributed by atoms with Crippen LogP contribution in [0.2, 0.25) is 0 Å². The summed E-state index contributed by atoms with van der Waals surface area (Å²) in [4.78, 5) is 25.4. The summed E-state index contributed by atoms with van der Waals surface area (Å²) in [5.41, 5.74) is -0.558. The molecule has 5 fully saturated rings. The summed E-state index contributed by atoms with van der Waals surface area (Å²) in [6, 6.07) is 0. The van der Waals surface area contributed by atoms with E-state index in [1.54, 1.807) is 0 Å². The van der Waals surface area contributed by atoms with Crippen LogP contribution in [0.15, 0.2) is 12.2 Å². The number of aliphatic carboxylic acids is 2. The number of rotatable bonds is 3. The Bertz CT molecular complexity index is 970. The van der Waals surface area contributed by atoms with Crippen LogP contribution >= 0.6 is 0 Å². The van der Waals surface area contributed by atoms with Crippen LogP contribution in [0, 0.1) is 62.6 Å². The fraction of sp³-hybridized carbons (Fsp3) is 0.867. The first-order valence-electron chi connectivity index (χ1n) is 13.9. The van der Waals surface area contributed by atoms with E-state index in [1.165, 1.54) is 0 Å². The molecule has 35 heavy (non-hydrogen) atoms. The third-order valence-corrected chi connectivity index (χ3v) is 13.6. The average Bonchev–Trinajstić information content (AvgIpc) is 3.21. The summed E-state index contributed by atoms with van der Waals surface area (Å²) in [7, 11) is 0. The maximum atomic E-state index is 12.8. The molecule has 5 aliphatic carbocycles. The maximum Gasteiger partial charge on any atom is 0.309 e. The quantitative estimate of drug-likeness (QED) is 0.425. The summed E-state index contributed by atoms with van der Waals surface area (Å²) in [6.45, 7) is 17.5. The van der Waals surface area contributed by atoms with Crippen LogP contribution in [0.4, 0.5) is 0 Å². The first-order valence-corrected chi connectivity index (χ1v) is 13.9. The number of carbonyl (C=O) groups is 2. The molecule has 0 aromatic heterocycles. The summed E-state index contributed by atoms with van der Waals surface area (Å²) in [5.74, 6) is -1.21. The molecule has 0 bridgehead atoms. The van der Waals surface area contributed by atoms with Crippen molar-refractivity contribution in [2.24, 2.45) is 62.6 Å². The van der Waals surface area contributed by atoms with E-state index in [9.17, 15) is 24.9 Å². The van der Waals surface area contributed by atoms with Crippen LogP contribution < -0.4 is 0 Å². The van der Waals surface area contributed by atoms with Gasteiger partial charge < -0.3 is 15.3 Å². The molecule has 5 nitrogen and oxygen atoms in total. The van der Waals surface area contributed by atoms with Gasteiger partial charge in [0.05, 0.1) is 17.4 Å². The number of hydrogen-bond donors (Lipinski definition) is 3. The molecule has 0 aromatic rings. The SMILES string of the molecule is C=C(C)[C@@H]1CC[C@]2(C(=O)O)CC[C@]3(C)[C@H](CC[C@H]4[C@@]5(C)[C@@H](C(=O)O)[C@H](O)C(C)(C)[C@@H]5CC[C@]43C)[C@H]12. The number of carboxylic acids is 2. The monoisotopic (exact) mass is 486 g/mol. The molecule has 5 aliphatic rings. The van der Waals surface area contributed by atoms with E-state index >= 15 is 0 Å². The molecule has 0 aromatic carbocycles. The highest BCUT2D eigenvalue weighted by molar-refractivity contribution is 5.76. The molecule has 0 unspecified atom stereocenters. The lowest BCUT2D eigenvalue weighted by atomic mass is 9.34. The Hall–Kier alpha value is -1.36. The van der Waals surface area contributed by atoms with Gasteiger partial charge >= 0.3 is 11.9 Å². The molecule has 0 spiro atoms. The van der Waals surface area contributed by atoms with E-state index in [1.807, 2.05) is 0 Å². The Morgan fingerprint density at radius 3 is 2.06 bits per heavy atom. The number of fused-ring (bicyclic) bond motifs is 7. The highest BCUT2D eigenvalue weighted by Crippen LogP contribution is 2.79. The summed E-state index contributed by atoms with van der Waals surface area (Å²) < 4.78 is 0. The average molecular weight is 487 g/mol. The topological polar surface area (TPSA) is 94.8 Å². The van der Waals surface area contributed by atoms with Crippen molar-refractivity contribution in [3.05, 3.63) is 12.2 Å². The molecule has 0 saturated heterocycles. The maximum absolute atomic E-state index is 12.8. The van der Waals surface area contributed by atoms with Crippen molar-refractivity contribution in [2.75, 3.05) is 0 Å². The Morgan fingerprint density at radius 2 is 1.49 bits per heavy atom. The third kappa shape index (κ3) is 2.75. The van der Waals surface area contributed by atoms with Gasteiger partial charge in [-0.25, -0.2) is 0 Å². The number of aliphatic hydroxyl groups excluding tert-OH is 1. The van der Waals surface area contributed by atoms with Gasteiger partial charge in [0.15, 0.2) is 0 Å². The number of carboxylic acid groups (broad SMARTS) is 2. The molecule has 3 N–H and O–H groups in total. The minimum absolute atomic E-state index is 0.0493. The van der Waals surface area contributed by atoms with E-state index < -0.39 is 40.2 Å². The molecular weight excluding hydrogens is 440 g/mol. The number of allylic oxidation sites excluding steroid dienone is 1. The number of aliphatic hydroxyl groups is 1. The van der Waals surface area contributed by atoms with Crippen molar-refractivity contribution in [1.29, 1.82) is 0 Å². The second kappa shape index (κ2) is 7.36. The van der Waals surface area contributed by atoms with Crippen LogP contribution in [0.25, 0.3) is 0 Å². The second-order valence-corrected chi connectivity index (χ2v) is 14.6. The lowest BCUT2D eigenvalue weighted by Crippen LogP contribution is -2.65. The van der Waals surface area contributed by atoms with Crippen LogP contribution in [-0.2, 0) is 9.59 Å². The lowest BCUT2D eigenvalue weighted by molar-refractivity contribution is -0.228. The smallest absolute Gasteiger partial charge is 0.309 e. The molecule has 196 valence electrons. The van der Waals surface area contributed by atoms with Crippen LogP contribution in [-0.4, -0.2) is 33.4 Å². The normalized spacial score (nSPS) is 54.2. The van der Waals surface area contributed by atoms with Gasteiger partial charge in [0.1, 0.15) is 0 Å². The van der Waals surface area contributed by atoms with Gasteiger partial charge in [-0.3, -0.25) is 9.59 Å². The summed E-state index contributed by atoms with van der Waals surface area (Å²) in [6.07, 6.45) is 6.24. The van der Waals surface area contributed by atoms with Crippen molar-refractivity contribution < 1.29 is 24.9 Å². The number of hydrogen-bond acceptors (Lipinski definition) is 3. The van der Waals surface area contributed by atoms with Crippen LogP contribution in [0.1, 0.15) is 92.9 Å². The van der Waals surface area contributed by atoms with Crippen LogP contribution in [0.5, 0.6) is 0 Å². The first kappa shape index (κ1) is 25.3. The van der Waals surface area contributed by atoms with Crippen molar-refractivity contribution in [1.82, 2.24) is 0 Å². The Kier molecular flexibility index (Phi) is 5.32. The largest absolute Gasteiger partial charge is 0.481 e. The van der Waals surface area contributed by atoms with Crippen molar-refractivity contribution in [3.63, 3.8) is 0 Å². The zero-order chi connectivity index (χ0) is 25.9. The van der Waals surface area contributed by atoms with Gasteiger partial charge in [-0.15, -0.1) is 0 Å². The van der Waals surface area contributed by atoms with E-state index in [-0.39, 0.29) is 34.5 Å². The third-order valence-electron chi connectivity index (χ3n) is 13.6. The molecule has 0 amide bonds. The fourth-order valence-electron chi connectivity index (χ4n) is 11.8. The van der Waals surface area contributed by atoms with Gasteiger partial charge in [0.25, 0.3) is 0 Å². The standard InChI is InChI=1S/C30H46O5/c1-16(2)17-10-13-30(25(34)35)15-14-27(5)18(21(17)30)8-9-20-28(27,6)12-11-19-26(3,4)23(31)22(24(32)33)29(19,20)7/h17-23,31H,1,8-15H2,2-7H3,(H,32,33)(H,34,35)/t17-,18+,19-,20+,21-,22+,23-,27+,28+,29-,30-/m0/s1. The van der Waals surface area contributed by atoms with Gasteiger partial charge in [0.2, 0.25) is 0 Å². The molecule has 0 aliphatic heterocycles. The molecule has 0 radical (unpaired) electrons. The lowest BCUT2D eigenvalue weighted by Gasteiger charge is -2.70. The first-order chi connectivity index (χ1) is 16.1. The highest BCUT2D eigenvalue weighted by Gasteiger charge is 2.75. The zero-order valence-corrected chi connectivity index (χ0v) is 22.6. The van der Waals surface area contributed by atoms with Gasteiger partial charge in [0, 0.05) is 0 Å². The Balaban J connectivity index is 1.62. The molecule has 11 atom stereocenters. The summed E-state index contributed by atoms with van der Waals surface area (Å²) in [5, 5.41) is 32.2. The fourth-order valence-corrected chi connectivity index (χ4v) is 11.8. The molecular formula is C30H46O5. The van der Waals surface area contributed by atoms with Gasteiger partial charge in [-0.05, 0) is 110 Å². The van der Waals surface area contributed by atoms with Crippen molar-refractivity contribution >= 4 is 11.9 Å². The zero-order valence-electron chi connectivity index (χ0n) is 22.6. The van der Waals surface area contributed by atoms with E-state index in [2.05, 4.69) is 48.1 Å². The molecule has 5 heteroatoms. The van der Waals surface area contributed by atoms with Crippen molar-refractivity contribution in [3.8, 4) is 0 Å². The second-order valence-electron chi connectivity index (χ2n) is 14.6. The molecule has 5 saturated carbocycles. The predicted octanol–water partition coefficient (Wildman–Crippen LogP) is 6.01. The Morgan fingerprint density at radius 1 is 0.829 bits per heavy atom. The van der Waals surface area contributed by atoms with Gasteiger partial charge in [-0.2, -0.15) is 0 Å². The van der Waals surface area contributed by atoms with Crippen molar-refractivity contribution in [2.45, 2.75) is 99.0 Å².